The zero-order valence-corrected chi connectivity index (χ0v) is 17.1. The Morgan fingerprint density at radius 3 is 2.54 bits per heavy atom. The van der Waals surface area contributed by atoms with E-state index in [0.717, 1.165) is 11.3 Å². The van der Waals surface area contributed by atoms with Gasteiger partial charge >= 0.3 is 0 Å². The van der Waals surface area contributed by atoms with Gasteiger partial charge in [-0.15, -0.1) is 10.2 Å². The average molecular weight is 398 g/mol. The Balaban J connectivity index is 1.69. The second-order valence-electron chi connectivity index (χ2n) is 6.56. The van der Waals surface area contributed by atoms with Crippen LogP contribution < -0.4 is 10.1 Å². The van der Waals surface area contributed by atoms with E-state index in [1.54, 1.807) is 7.11 Å². The van der Waals surface area contributed by atoms with Crippen LogP contribution in [-0.2, 0) is 4.79 Å². The Morgan fingerprint density at radius 1 is 1.07 bits per heavy atom. The lowest BCUT2D eigenvalue weighted by Crippen LogP contribution is -2.23. The molecule has 146 valence electrons. The van der Waals surface area contributed by atoms with Crippen molar-refractivity contribution in [2.45, 2.75) is 37.2 Å². The summed E-state index contributed by atoms with van der Waals surface area (Å²) in [6, 6.07) is 15.2. The smallest absolute Gasteiger partial charge is 0.277 e. The minimum Gasteiger partial charge on any atom is -0.496 e. The van der Waals surface area contributed by atoms with Crippen LogP contribution in [-0.4, -0.2) is 28.5 Å². The van der Waals surface area contributed by atoms with Crippen molar-refractivity contribution in [2.24, 2.45) is 0 Å². The van der Waals surface area contributed by atoms with Crippen LogP contribution in [0.2, 0.25) is 0 Å². The van der Waals surface area contributed by atoms with Crippen molar-refractivity contribution in [2.75, 3.05) is 12.4 Å². The van der Waals surface area contributed by atoms with Crippen LogP contribution in [0.4, 0.5) is 5.69 Å². The monoisotopic (exact) mass is 397 g/mol. The van der Waals surface area contributed by atoms with Gasteiger partial charge in [-0.2, -0.15) is 0 Å². The number of hydrogen-bond donors (Lipinski definition) is 1. The van der Waals surface area contributed by atoms with Gasteiger partial charge in [0.25, 0.3) is 11.1 Å². The molecule has 0 fully saturated rings. The molecule has 0 radical (unpaired) electrons. The van der Waals surface area contributed by atoms with Crippen molar-refractivity contribution < 1.29 is 13.9 Å². The predicted molar refractivity (Wildman–Crippen MR) is 111 cm³/mol. The van der Waals surface area contributed by atoms with E-state index >= 15 is 0 Å². The van der Waals surface area contributed by atoms with Crippen molar-refractivity contribution in [3.05, 3.63) is 54.1 Å². The first-order valence-corrected chi connectivity index (χ1v) is 9.91. The van der Waals surface area contributed by atoms with E-state index in [9.17, 15) is 4.79 Å². The van der Waals surface area contributed by atoms with Gasteiger partial charge in [-0.05, 0) is 36.6 Å². The summed E-state index contributed by atoms with van der Waals surface area (Å²) in [5, 5.41) is 11.1. The highest BCUT2D eigenvalue weighted by atomic mass is 32.2. The fourth-order valence-corrected chi connectivity index (χ4v) is 3.42. The fourth-order valence-electron chi connectivity index (χ4n) is 2.74. The SMILES string of the molecule is COc1ccccc1-c1nnc(SC(C)C(=O)Nc2ccccc2C(C)C)o1. The number of anilines is 1. The standard InChI is InChI=1S/C21H23N3O3S/c1-13(2)15-9-5-7-11-17(15)22-19(25)14(3)28-21-24-23-20(27-21)16-10-6-8-12-18(16)26-4/h5-14H,1-4H3,(H,22,25). The number of benzene rings is 2. The van der Waals surface area contributed by atoms with E-state index < -0.39 is 5.25 Å². The van der Waals surface area contributed by atoms with Gasteiger partial charge in [-0.3, -0.25) is 4.79 Å². The summed E-state index contributed by atoms with van der Waals surface area (Å²) in [5.74, 6) is 1.21. The van der Waals surface area contributed by atoms with E-state index in [-0.39, 0.29) is 5.91 Å². The van der Waals surface area contributed by atoms with Gasteiger partial charge in [0.1, 0.15) is 5.75 Å². The molecule has 0 aliphatic heterocycles. The summed E-state index contributed by atoms with van der Waals surface area (Å²) in [6.07, 6.45) is 0. The Hall–Kier alpha value is -2.80. The van der Waals surface area contributed by atoms with Crippen LogP contribution in [0.3, 0.4) is 0 Å². The summed E-state index contributed by atoms with van der Waals surface area (Å²) in [6.45, 7) is 6.01. The van der Waals surface area contributed by atoms with Crippen LogP contribution in [0.25, 0.3) is 11.5 Å². The molecule has 2 aromatic carbocycles. The molecule has 1 aromatic heterocycles. The number of carbonyl (C=O) groups is 1. The minimum absolute atomic E-state index is 0.116. The van der Waals surface area contributed by atoms with Gasteiger partial charge in [0, 0.05) is 5.69 Å². The van der Waals surface area contributed by atoms with E-state index in [2.05, 4.69) is 29.4 Å². The number of thioether (sulfide) groups is 1. The third kappa shape index (κ3) is 4.54. The predicted octanol–water partition coefficient (Wildman–Crippen LogP) is 4.99. The van der Waals surface area contributed by atoms with Crippen LogP contribution in [0.15, 0.2) is 58.2 Å². The number of hydrogen-bond acceptors (Lipinski definition) is 6. The van der Waals surface area contributed by atoms with Crippen molar-refractivity contribution in [1.82, 2.24) is 10.2 Å². The van der Waals surface area contributed by atoms with Crippen LogP contribution in [0, 0.1) is 0 Å². The number of rotatable bonds is 7. The van der Waals surface area contributed by atoms with Crippen LogP contribution >= 0.6 is 11.8 Å². The molecule has 1 heterocycles. The first-order chi connectivity index (χ1) is 13.5. The third-order valence-corrected chi connectivity index (χ3v) is 5.17. The molecule has 0 saturated carbocycles. The molecule has 1 unspecified atom stereocenters. The summed E-state index contributed by atoms with van der Waals surface area (Å²) < 4.78 is 11.1. The molecule has 0 aliphatic rings. The van der Waals surface area contributed by atoms with Gasteiger partial charge in [-0.1, -0.05) is 55.9 Å². The maximum Gasteiger partial charge on any atom is 0.277 e. The second kappa shape index (κ2) is 8.93. The third-order valence-electron chi connectivity index (χ3n) is 4.23. The highest BCUT2D eigenvalue weighted by Gasteiger charge is 2.21. The molecule has 1 N–H and O–H groups in total. The number of amides is 1. The van der Waals surface area contributed by atoms with Gasteiger partial charge in [0.15, 0.2) is 0 Å². The van der Waals surface area contributed by atoms with Crippen molar-refractivity contribution in [3.63, 3.8) is 0 Å². The zero-order chi connectivity index (χ0) is 20.1. The highest BCUT2D eigenvalue weighted by molar-refractivity contribution is 8.00. The average Bonchev–Trinajstić information content (AvgIpc) is 3.16. The van der Waals surface area contributed by atoms with Gasteiger partial charge in [0.2, 0.25) is 5.91 Å². The number of carbonyl (C=O) groups excluding carboxylic acids is 1. The number of para-hydroxylation sites is 2. The van der Waals surface area contributed by atoms with Gasteiger partial charge < -0.3 is 14.5 Å². The summed E-state index contributed by atoms with van der Waals surface area (Å²) in [7, 11) is 1.59. The fraction of sp³-hybridized carbons (Fsp3) is 0.286. The zero-order valence-electron chi connectivity index (χ0n) is 16.3. The molecule has 28 heavy (non-hydrogen) atoms. The first-order valence-electron chi connectivity index (χ1n) is 9.03. The molecule has 3 rings (SSSR count). The Morgan fingerprint density at radius 2 is 1.79 bits per heavy atom. The molecule has 1 atom stereocenters. The van der Waals surface area contributed by atoms with Crippen molar-refractivity contribution in [1.29, 1.82) is 0 Å². The maximum atomic E-state index is 12.6. The molecule has 0 saturated heterocycles. The van der Waals surface area contributed by atoms with Crippen LogP contribution in [0.5, 0.6) is 5.75 Å². The molecule has 7 heteroatoms. The Bertz CT molecular complexity index is 955. The molecule has 0 spiro atoms. The first kappa shape index (κ1) is 19.9. The summed E-state index contributed by atoms with van der Waals surface area (Å²) in [4.78, 5) is 12.6. The van der Waals surface area contributed by atoms with E-state index in [1.165, 1.54) is 11.8 Å². The lowest BCUT2D eigenvalue weighted by Gasteiger charge is -2.15. The highest BCUT2D eigenvalue weighted by Crippen LogP contribution is 2.32. The number of nitrogens with zero attached hydrogens (tertiary/aromatic N) is 2. The summed E-state index contributed by atoms with van der Waals surface area (Å²) in [5.41, 5.74) is 2.65. The molecule has 6 nitrogen and oxygen atoms in total. The quantitative estimate of drug-likeness (QED) is 0.566. The largest absolute Gasteiger partial charge is 0.496 e. The van der Waals surface area contributed by atoms with Crippen molar-refractivity contribution >= 4 is 23.4 Å². The minimum atomic E-state index is -0.397. The lowest BCUT2D eigenvalue weighted by atomic mass is 10.0. The number of ether oxygens (including phenoxy) is 1. The summed E-state index contributed by atoms with van der Waals surface area (Å²) >= 11 is 1.22. The molecule has 1 amide bonds. The maximum absolute atomic E-state index is 12.6. The van der Waals surface area contributed by atoms with Crippen LogP contribution in [0.1, 0.15) is 32.3 Å². The molecule has 0 aliphatic carbocycles. The van der Waals surface area contributed by atoms with E-state index in [4.69, 9.17) is 9.15 Å². The topological polar surface area (TPSA) is 77.2 Å². The van der Waals surface area contributed by atoms with Crippen molar-refractivity contribution in [3.8, 4) is 17.2 Å². The second-order valence-corrected chi connectivity index (χ2v) is 7.86. The van der Waals surface area contributed by atoms with Gasteiger partial charge in [0.05, 0.1) is 17.9 Å². The normalized spacial score (nSPS) is 12.0. The van der Waals surface area contributed by atoms with Gasteiger partial charge in [-0.25, -0.2) is 0 Å². The molecule has 0 bridgehead atoms. The Labute approximate surface area is 168 Å². The van der Waals surface area contributed by atoms with E-state index in [0.29, 0.717) is 28.3 Å². The number of nitrogens with one attached hydrogen (secondary N) is 1. The lowest BCUT2D eigenvalue weighted by molar-refractivity contribution is -0.115. The van der Waals surface area contributed by atoms with E-state index in [1.807, 2.05) is 55.5 Å². The Kier molecular flexibility index (Phi) is 6.36. The number of methoxy groups -OCH3 is 1. The molecular weight excluding hydrogens is 374 g/mol. The number of aromatic nitrogens is 2. The molecular formula is C21H23N3O3S. The molecule has 3 aromatic rings.